The van der Waals surface area contributed by atoms with Crippen LogP contribution in [-0.4, -0.2) is 5.84 Å². The molecule has 0 unspecified atom stereocenters. The van der Waals surface area contributed by atoms with Crippen LogP contribution in [0.5, 0.6) is 0 Å². The van der Waals surface area contributed by atoms with Gasteiger partial charge in [0.2, 0.25) is 0 Å². The van der Waals surface area contributed by atoms with Crippen molar-refractivity contribution in [2.24, 2.45) is 10.7 Å². The molecule has 0 saturated heterocycles. The molecule has 1 rings (SSSR count). The molecule has 0 radical (unpaired) electrons. The molecule has 0 bridgehead atoms. The minimum atomic E-state index is 0.656. The van der Waals surface area contributed by atoms with Crippen LogP contribution in [0.2, 0.25) is 4.34 Å². The Balaban J connectivity index is 2.46. The third kappa shape index (κ3) is 3.79. The molecule has 0 aromatic carbocycles. The second-order valence-electron chi connectivity index (χ2n) is 2.76. The van der Waals surface area contributed by atoms with Crippen LogP contribution < -0.4 is 5.73 Å². The summed E-state index contributed by atoms with van der Waals surface area (Å²) in [4.78, 5) is 5.40. The van der Waals surface area contributed by atoms with E-state index in [9.17, 15) is 0 Å². The largest absolute Gasteiger partial charge is 0.387 e. The van der Waals surface area contributed by atoms with Crippen LogP contribution in [0.1, 0.15) is 24.6 Å². The van der Waals surface area contributed by atoms with Crippen LogP contribution in [0, 0.1) is 0 Å². The van der Waals surface area contributed by atoms with Crippen molar-refractivity contribution in [1.29, 1.82) is 0 Å². The highest BCUT2D eigenvalue weighted by Gasteiger charge is 1.96. The van der Waals surface area contributed by atoms with E-state index in [2.05, 4.69) is 11.9 Å². The number of rotatable bonds is 4. The van der Waals surface area contributed by atoms with E-state index in [0.29, 0.717) is 6.54 Å². The lowest BCUT2D eigenvalue weighted by Crippen LogP contribution is -2.10. The number of thiophene rings is 1. The van der Waals surface area contributed by atoms with Gasteiger partial charge < -0.3 is 5.73 Å². The summed E-state index contributed by atoms with van der Waals surface area (Å²) in [7, 11) is 0. The summed E-state index contributed by atoms with van der Waals surface area (Å²) >= 11 is 7.33. The third-order valence-corrected chi connectivity index (χ3v) is 2.79. The van der Waals surface area contributed by atoms with Crippen molar-refractivity contribution in [3.63, 3.8) is 0 Å². The maximum Gasteiger partial charge on any atom is 0.0941 e. The highest BCUT2D eigenvalue weighted by Crippen LogP contribution is 2.21. The number of nitrogens with zero attached hydrogens (tertiary/aromatic N) is 1. The molecule has 1 aromatic heterocycles. The van der Waals surface area contributed by atoms with Crippen molar-refractivity contribution in [2.45, 2.75) is 26.3 Å². The number of hydrogen-bond donors (Lipinski definition) is 1. The Kier molecular flexibility index (Phi) is 4.25. The Morgan fingerprint density at radius 2 is 2.38 bits per heavy atom. The number of nitrogens with two attached hydrogens (primary N) is 1. The van der Waals surface area contributed by atoms with Crippen LogP contribution in [0.4, 0.5) is 0 Å². The second kappa shape index (κ2) is 5.25. The first-order chi connectivity index (χ1) is 6.22. The fraction of sp³-hybridized carbons (Fsp3) is 0.444. The van der Waals surface area contributed by atoms with E-state index >= 15 is 0 Å². The zero-order valence-electron chi connectivity index (χ0n) is 7.59. The summed E-state index contributed by atoms with van der Waals surface area (Å²) in [6.45, 7) is 2.74. The Bertz CT molecular complexity index is 294. The van der Waals surface area contributed by atoms with E-state index in [0.717, 1.165) is 27.9 Å². The Labute approximate surface area is 87.4 Å². The van der Waals surface area contributed by atoms with Crippen LogP contribution in [-0.2, 0) is 6.54 Å². The predicted molar refractivity (Wildman–Crippen MR) is 59.6 cm³/mol. The summed E-state index contributed by atoms with van der Waals surface area (Å²) in [6.07, 6.45) is 1.92. The molecule has 0 aliphatic rings. The van der Waals surface area contributed by atoms with E-state index in [4.69, 9.17) is 17.3 Å². The Morgan fingerprint density at radius 1 is 1.62 bits per heavy atom. The molecule has 0 amide bonds. The quantitative estimate of drug-likeness (QED) is 0.610. The minimum absolute atomic E-state index is 0.656. The van der Waals surface area contributed by atoms with Crippen molar-refractivity contribution in [1.82, 2.24) is 0 Å². The lowest BCUT2D eigenvalue weighted by molar-refractivity contribution is 0.959. The van der Waals surface area contributed by atoms with E-state index in [1.54, 1.807) is 11.3 Å². The molecule has 72 valence electrons. The summed E-state index contributed by atoms with van der Waals surface area (Å²) in [6, 6.07) is 3.86. The van der Waals surface area contributed by atoms with Gasteiger partial charge in [0, 0.05) is 11.3 Å². The van der Waals surface area contributed by atoms with Crippen molar-refractivity contribution in [3.05, 3.63) is 21.3 Å². The van der Waals surface area contributed by atoms with Gasteiger partial charge in [-0.05, 0) is 18.6 Å². The van der Waals surface area contributed by atoms with Gasteiger partial charge in [-0.25, -0.2) is 0 Å². The van der Waals surface area contributed by atoms with Crippen LogP contribution in [0.15, 0.2) is 17.1 Å². The van der Waals surface area contributed by atoms with Crippen LogP contribution >= 0.6 is 22.9 Å². The average Bonchev–Trinajstić information content (AvgIpc) is 2.49. The molecule has 0 atom stereocenters. The fourth-order valence-electron chi connectivity index (χ4n) is 0.951. The van der Waals surface area contributed by atoms with Crippen molar-refractivity contribution in [3.8, 4) is 0 Å². The van der Waals surface area contributed by atoms with Gasteiger partial charge in [-0.1, -0.05) is 18.5 Å². The molecular weight excluding hydrogens is 204 g/mol. The number of halogens is 1. The smallest absolute Gasteiger partial charge is 0.0941 e. The zero-order valence-corrected chi connectivity index (χ0v) is 9.16. The number of aliphatic imine (C=N–C) groups is 1. The monoisotopic (exact) mass is 216 g/mol. The van der Waals surface area contributed by atoms with Gasteiger partial charge in [0.05, 0.1) is 16.7 Å². The van der Waals surface area contributed by atoms with E-state index in [1.165, 1.54) is 0 Å². The molecule has 1 heterocycles. The molecule has 0 aliphatic heterocycles. The number of amidine groups is 1. The standard InChI is InChI=1S/C9H13ClN2S/c1-2-3-9(11)12-6-7-4-5-8(10)13-7/h4-5H,2-3,6H2,1H3,(H2,11,12). The number of hydrogen-bond acceptors (Lipinski definition) is 2. The molecule has 1 aromatic rings. The summed E-state index contributed by atoms with van der Waals surface area (Å²) in [5, 5.41) is 0. The summed E-state index contributed by atoms with van der Waals surface area (Å²) < 4.78 is 0.805. The molecule has 0 spiro atoms. The molecule has 13 heavy (non-hydrogen) atoms. The average molecular weight is 217 g/mol. The first kappa shape index (κ1) is 10.5. The summed E-state index contributed by atoms with van der Waals surface area (Å²) in [5.74, 6) is 0.729. The Morgan fingerprint density at radius 3 is 2.92 bits per heavy atom. The van der Waals surface area contributed by atoms with Gasteiger partial charge in [-0.3, -0.25) is 4.99 Å². The highest BCUT2D eigenvalue weighted by molar-refractivity contribution is 7.16. The van der Waals surface area contributed by atoms with E-state index in [-0.39, 0.29) is 0 Å². The molecular formula is C9H13ClN2S. The fourth-order valence-corrected chi connectivity index (χ4v) is 1.96. The van der Waals surface area contributed by atoms with Crippen LogP contribution in [0.25, 0.3) is 0 Å². The van der Waals surface area contributed by atoms with Crippen molar-refractivity contribution >= 4 is 28.8 Å². The van der Waals surface area contributed by atoms with Crippen molar-refractivity contribution < 1.29 is 0 Å². The maximum atomic E-state index is 5.78. The van der Waals surface area contributed by atoms with Gasteiger partial charge >= 0.3 is 0 Å². The highest BCUT2D eigenvalue weighted by atomic mass is 35.5. The first-order valence-corrected chi connectivity index (χ1v) is 5.45. The molecule has 4 heteroatoms. The van der Waals surface area contributed by atoms with Crippen molar-refractivity contribution in [2.75, 3.05) is 0 Å². The van der Waals surface area contributed by atoms with Gasteiger partial charge in [-0.15, -0.1) is 11.3 Å². The molecule has 0 saturated carbocycles. The minimum Gasteiger partial charge on any atom is -0.387 e. The van der Waals surface area contributed by atoms with Gasteiger partial charge in [0.25, 0.3) is 0 Å². The zero-order chi connectivity index (χ0) is 9.68. The van der Waals surface area contributed by atoms with Gasteiger partial charge in [0.15, 0.2) is 0 Å². The maximum absolute atomic E-state index is 5.78. The normalized spacial score (nSPS) is 12.0. The van der Waals surface area contributed by atoms with E-state index < -0.39 is 0 Å². The van der Waals surface area contributed by atoms with E-state index in [1.807, 2.05) is 12.1 Å². The topological polar surface area (TPSA) is 38.4 Å². The molecule has 0 aliphatic carbocycles. The first-order valence-electron chi connectivity index (χ1n) is 4.25. The molecule has 0 fully saturated rings. The molecule has 2 nitrogen and oxygen atoms in total. The predicted octanol–water partition coefficient (Wildman–Crippen LogP) is 3.06. The van der Waals surface area contributed by atoms with Crippen LogP contribution in [0.3, 0.4) is 0 Å². The lowest BCUT2D eigenvalue weighted by atomic mass is 10.3. The second-order valence-corrected chi connectivity index (χ2v) is 4.56. The SMILES string of the molecule is CCCC(N)=NCc1ccc(Cl)s1. The van der Waals surface area contributed by atoms with Gasteiger partial charge in [-0.2, -0.15) is 0 Å². The lowest BCUT2D eigenvalue weighted by Gasteiger charge is -1.96. The van der Waals surface area contributed by atoms with Gasteiger partial charge in [0.1, 0.15) is 0 Å². The molecule has 2 N–H and O–H groups in total. The third-order valence-electron chi connectivity index (χ3n) is 1.57. The Hall–Kier alpha value is -0.540. The summed E-state index contributed by atoms with van der Waals surface area (Å²) in [5.41, 5.74) is 5.66.